The third-order valence-corrected chi connectivity index (χ3v) is 3.90. The Kier molecular flexibility index (Phi) is 4.82. The summed E-state index contributed by atoms with van der Waals surface area (Å²) >= 11 is 3.51. The quantitative estimate of drug-likeness (QED) is 0.917. The number of nitrogens with one attached hydrogen (secondary N) is 1. The van der Waals surface area contributed by atoms with E-state index in [9.17, 15) is 4.79 Å². The molecule has 1 amide bonds. The number of carbonyl (C=O) groups is 1. The standard InChI is InChI=1S/C14H20BrN3O/c1-3-16-9-11-8-12(15)4-5-13(11)18-7-6-17(2)14(19)10-18/h4-5,8,16H,3,6-7,9-10H2,1-2H3. The molecular weight excluding hydrogens is 306 g/mol. The number of halogens is 1. The highest BCUT2D eigenvalue weighted by atomic mass is 79.9. The van der Waals surface area contributed by atoms with E-state index in [0.29, 0.717) is 6.54 Å². The molecule has 1 N–H and O–H groups in total. The summed E-state index contributed by atoms with van der Waals surface area (Å²) in [5, 5.41) is 3.35. The van der Waals surface area contributed by atoms with Gasteiger partial charge in [-0.05, 0) is 30.3 Å². The van der Waals surface area contributed by atoms with Crippen LogP contribution in [0, 0.1) is 0 Å². The maximum atomic E-state index is 11.8. The molecule has 1 aliphatic rings. The Balaban J connectivity index is 2.20. The first-order valence-electron chi connectivity index (χ1n) is 6.60. The lowest BCUT2D eigenvalue weighted by Gasteiger charge is -2.34. The molecule has 104 valence electrons. The van der Waals surface area contributed by atoms with Crippen molar-refractivity contribution in [1.82, 2.24) is 10.2 Å². The monoisotopic (exact) mass is 325 g/mol. The third kappa shape index (κ3) is 3.48. The number of nitrogens with zero attached hydrogens (tertiary/aromatic N) is 2. The normalized spacial score (nSPS) is 16.1. The molecule has 19 heavy (non-hydrogen) atoms. The van der Waals surface area contributed by atoms with Gasteiger partial charge in [0.05, 0.1) is 6.54 Å². The molecule has 5 heteroatoms. The number of rotatable bonds is 4. The van der Waals surface area contributed by atoms with Crippen molar-refractivity contribution in [2.45, 2.75) is 13.5 Å². The van der Waals surface area contributed by atoms with E-state index in [0.717, 1.165) is 36.3 Å². The fourth-order valence-electron chi connectivity index (χ4n) is 2.23. The lowest BCUT2D eigenvalue weighted by atomic mass is 10.1. The molecule has 0 aliphatic carbocycles. The van der Waals surface area contributed by atoms with Crippen molar-refractivity contribution in [2.24, 2.45) is 0 Å². The van der Waals surface area contributed by atoms with Gasteiger partial charge in [0.1, 0.15) is 0 Å². The molecule has 0 saturated carbocycles. The summed E-state index contributed by atoms with van der Waals surface area (Å²) in [6.07, 6.45) is 0. The molecule has 1 heterocycles. The van der Waals surface area contributed by atoms with Gasteiger partial charge in [0.2, 0.25) is 5.91 Å². The van der Waals surface area contributed by atoms with E-state index >= 15 is 0 Å². The van der Waals surface area contributed by atoms with E-state index in [1.54, 1.807) is 4.90 Å². The van der Waals surface area contributed by atoms with Gasteiger partial charge < -0.3 is 15.1 Å². The summed E-state index contributed by atoms with van der Waals surface area (Å²) in [4.78, 5) is 15.8. The number of carbonyl (C=O) groups excluding carboxylic acids is 1. The van der Waals surface area contributed by atoms with Crippen LogP contribution in [0.5, 0.6) is 0 Å². The zero-order chi connectivity index (χ0) is 13.8. The average molecular weight is 326 g/mol. The number of likely N-dealkylation sites (N-methyl/N-ethyl adjacent to an activating group) is 1. The Morgan fingerprint density at radius 3 is 2.84 bits per heavy atom. The first-order chi connectivity index (χ1) is 9.11. The first-order valence-corrected chi connectivity index (χ1v) is 7.39. The van der Waals surface area contributed by atoms with Crippen LogP contribution in [0.4, 0.5) is 5.69 Å². The second kappa shape index (κ2) is 6.39. The van der Waals surface area contributed by atoms with Crippen molar-refractivity contribution in [3.05, 3.63) is 28.2 Å². The molecule has 2 rings (SSSR count). The summed E-state index contributed by atoms with van der Waals surface area (Å²) in [7, 11) is 1.86. The van der Waals surface area contributed by atoms with Crippen LogP contribution in [0.1, 0.15) is 12.5 Å². The summed E-state index contributed by atoms with van der Waals surface area (Å²) in [5.74, 6) is 0.184. The topological polar surface area (TPSA) is 35.6 Å². The molecular formula is C14H20BrN3O. The van der Waals surface area contributed by atoms with Crippen LogP contribution < -0.4 is 10.2 Å². The zero-order valence-electron chi connectivity index (χ0n) is 11.4. The molecule has 0 radical (unpaired) electrons. The van der Waals surface area contributed by atoms with Crippen LogP contribution in [0.2, 0.25) is 0 Å². The Bertz CT molecular complexity index is 464. The van der Waals surface area contributed by atoms with Gasteiger partial charge in [-0.1, -0.05) is 22.9 Å². The highest BCUT2D eigenvalue weighted by Gasteiger charge is 2.22. The van der Waals surface area contributed by atoms with Crippen LogP contribution >= 0.6 is 15.9 Å². The fourth-order valence-corrected chi connectivity index (χ4v) is 2.64. The minimum atomic E-state index is 0.184. The van der Waals surface area contributed by atoms with E-state index < -0.39 is 0 Å². The van der Waals surface area contributed by atoms with Crippen molar-refractivity contribution in [2.75, 3.05) is 38.1 Å². The molecule has 0 unspecified atom stereocenters. The maximum Gasteiger partial charge on any atom is 0.241 e. The predicted molar refractivity (Wildman–Crippen MR) is 81.4 cm³/mol. The Morgan fingerprint density at radius 2 is 2.16 bits per heavy atom. The Labute approximate surface area is 122 Å². The number of hydrogen-bond acceptors (Lipinski definition) is 3. The van der Waals surface area contributed by atoms with Crippen molar-refractivity contribution < 1.29 is 4.79 Å². The highest BCUT2D eigenvalue weighted by Crippen LogP contribution is 2.25. The first kappa shape index (κ1) is 14.3. The molecule has 1 aromatic carbocycles. The van der Waals surface area contributed by atoms with Gasteiger partial charge >= 0.3 is 0 Å². The van der Waals surface area contributed by atoms with Crippen molar-refractivity contribution in [3.8, 4) is 0 Å². The smallest absolute Gasteiger partial charge is 0.241 e. The zero-order valence-corrected chi connectivity index (χ0v) is 13.0. The van der Waals surface area contributed by atoms with Gasteiger partial charge in [-0.25, -0.2) is 0 Å². The second-order valence-electron chi connectivity index (χ2n) is 4.79. The third-order valence-electron chi connectivity index (χ3n) is 3.40. The van der Waals surface area contributed by atoms with E-state index in [1.165, 1.54) is 5.56 Å². The van der Waals surface area contributed by atoms with Gasteiger partial charge in [0.15, 0.2) is 0 Å². The summed E-state index contributed by atoms with van der Waals surface area (Å²) in [6.45, 7) is 6.01. The number of anilines is 1. The van der Waals surface area contributed by atoms with E-state index in [-0.39, 0.29) is 5.91 Å². The molecule has 0 bridgehead atoms. The Morgan fingerprint density at radius 1 is 1.37 bits per heavy atom. The van der Waals surface area contributed by atoms with E-state index in [2.05, 4.69) is 45.2 Å². The SMILES string of the molecule is CCNCc1cc(Br)ccc1N1CCN(C)C(=O)C1. The molecule has 4 nitrogen and oxygen atoms in total. The van der Waals surface area contributed by atoms with Gasteiger partial charge in [-0.15, -0.1) is 0 Å². The average Bonchev–Trinajstić information content (AvgIpc) is 2.40. The van der Waals surface area contributed by atoms with Crippen LogP contribution in [0.25, 0.3) is 0 Å². The van der Waals surface area contributed by atoms with E-state index in [1.807, 2.05) is 13.1 Å². The van der Waals surface area contributed by atoms with Crippen LogP contribution in [0.15, 0.2) is 22.7 Å². The minimum absolute atomic E-state index is 0.184. The molecule has 1 saturated heterocycles. The number of piperazine rings is 1. The van der Waals surface area contributed by atoms with Crippen LogP contribution in [-0.4, -0.2) is 44.0 Å². The number of benzene rings is 1. The summed E-state index contributed by atoms with van der Waals surface area (Å²) in [5.41, 5.74) is 2.39. The van der Waals surface area contributed by atoms with Crippen LogP contribution in [-0.2, 0) is 11.3 Å². The predicted octanol–water partition coefficient (Wildman–Crippen LogP) is 1.84. The lowest BCUT2D eigenvalue weighted by Crippen LogP contribution is -2.48. The molecule has 1 aromatic rings. The number of hydrogen-bond donors (Lipinski definition) is 1. The van der Waals surface area contributed by atoms with Crippen molar-refractivity contribution >= 4 is 27.5 Å². The minimum Gasteiger partial charge on any atom is -0.360 e. The van der Waals surface area contributed by atoms with E-state index in [4.69, 9.17) is 0 Å². The molecule has 0 spiro atoms. The number of amides is 1. The largest absolute Gasteiger partial charge is 0.360 e. The lowest BCUT2D eigenvalue weighted by molar-refractivity contribution is -0.129. The maximum absolute atomic E-state index is 11.8. The summed E-state index contributed by atoms with van der Waals surface area (Å²) in [6, 6.07) is 6.25. The van der Waals surface area contributed by atoms with Crippen molar-refractivity contribution in [3.63, 3.8) is 0 Å². The van der Waals surface area contributed by atoms with Crippen molar-refractivity contribution in [1.29, 1.82) is 0 Å². The van der Waals surface area contributed by atoms with Gasteiger partial charge in [0, 0.05) is 36.8 Å². The summed E-state index contributed by atoms with van der Waals surface area (Å²) < 4.78 is 1.07. The second-order valence-corrected chi connectivity index (χ2v) is 5.71. The molecule has 1 aliphatic heterocycles. The van der Waals surface area contributed by atoms with Gasteiger partial charge in [-0.2, -0.15) is 0 Å². The van der Waals surface area contributed by atoms with Gasteiger partial charge in [0.25, 0.3) is 0 Å². The Hall–Kier alpha value is -1.07. The molecule has 1 fully saturated rings. The fraction of sp³-hybridized carbons (Fsp3) is 0.500. The molecule has 0 aromatic heterocycles. The van der Waals surface area contributed by atoms with Crippen LogP contribution in [0.3, 0.4) is 0 Å². The molecule has 0 atom stereocenters. The van der Waals surface area contributed by atoms with Gasteiger partial charge in [-0.3, -0.25) is 4.79 Å². The highest BCUT2D eigenvalue weighted by molar-refractivity contribution is 9.10.